The van der Waals surface area contributed by atoms with E-state index in [9.17, 15) is 4.79 Å². The van der Waals surface area contributed by atoms with Crippen molar-refractivity contribution in [3.63, 3.8) is 0 Å². The van der Waals surface area contributed by atoms with Gasteiger partial charge in [0.15, 0.2) is 0 Å². The third kappa shape index (κ3) is 3.52. The largest absolute Gasteiger partial charge is 0.374 e. The predicted molar refractivity (Wildman–Crippen MR) is 90.7 cm³/mol. The van der Waals surface area contributed by atoms with Crippen molar-refractivity contribution in [3.05, 3.63) is 54.4 Å². The van der Waals surface area contributed by atoms with Gasteiger partial charge in [0.2, 0.25) is 0 Å². The maximum absolute atomic E-state index is 12.4. The minimum atomic E-state index is -0.203. The molecule has 4 rings (SSSR count). The molecule has 0 spiro atoms. The number of fused-ring (bicyclic) bond motifs is 1. The van der Waals surface area contributed by atoms with Crippen LogP contribution < -0.4 is 5.32 Å². The Hall–Kier alpha value is -2.38. The predicted octanol–water partition coefficient (Wildman–Crippen LogP) is 1.03. The lowest BCUT2D eigenvalue weighted by atomic mass is 10.0. The van der Waals surface area contributed by atoms with Crippen LogP contribution in [0.3, 0.4) is 0 Å². The highest BCUT2D eigenvalue weighted by molar-refractivity contribution is 5.92. The summed E-state index contributed by atoms with van der Waals surface area (Å²) < 4.78 is 6.01. The molecule has 2 saturated heterocycles. The Bertz CT molecular complexity index is 712. The Morgan fingerprint density at radius 2 is 2.24 bits per heavy atom. The van der Waals surface area contributed by atoms with Gasteiger partial charge in [-0.15, -0.1) is 0 Å². The highest BCUT2D eigenvalue weighted by Gasteiger charge is 2.44. The van der Waals surface area contributed by atoms with Crippen molar-refractivity contribution in [2.45, 2.75) is 37.6 Å². The molecule has 0 radical (unpaired) electrons. The third-order valence-electron chi connectivity index (χ3n) is 4.83. The molecular weight excluding hydrogens is 318 g/mol. The average molecular weight is 339 g/mol. The fraction of sp³-hybridized carbons (Fsp3) is 0.444. The fourth-order valence-corrected chi connectivity index (χ4v) is 3.72. The smallest absolute Gasteiger partial charge is 0.271 e. The van der Waals surface area contributed by atoms with Gasteiger partial charge in [-0.2, -0.15) is 0 Å². The Labute approximate surface area is 146 Å². The van der Waals surface area contributed by atoms with Gasteiger partial charge in [-0.05, 0) is 25.0 Å². The summed E-state index contributed by atoms with van der Waals surface area (Å²) in [7, 11) is 0. The highest BCUT2D eigenvalue weighted by atomic mass is 16.5. The van der Waals surface area contributed by atoms with Crippen LogP contribution in [-0.2, 0) is 11.3 Å². The van der Waals surface area contributed by atoms with Gasteiger partial charge in [0.05, 0.1) is 24.0 Å². The van der Waals surface area contributed by atoms with Crippen molar-refractivity contribution < 1.29 is 9.53 Å². The van der Waals surface area contributed by atoms with Crippen LogP contribution in [0, 0.1) is 0 Å². The van der Waals surface area contributed by atoms with Crippen LogP contribution in [0.2, 0.25) is 0 Å². The molecule has 2 aromatic heterocycles. The van der Waals surface area contributed by atoms with E-state index in [0.29, 0.717) is 11.7 Å². The zero-order chi connectivity index (χ0) is 17.1. The second-order valence-electron chi connectivity index (χ2n) is 6.47. The van der Waals surface area contributed by atoms with E-state index in [1.807, 2.05) is 24.4 Å². The van der Waals surface area contributed by atoms with Crippen molar-refractivity contribution in [1.29, 1.82) is 0 Å². The summed E-state index contributed by atoms with van der Waals surface area (Å²) in [6.07, 6.45) is 8.51. The number of hydrogen-bond donors (Lipinski definition) is 1. The second kappa shape index (κ2) is 7.25. The first-order chi connectivity index (χ1) is 12.3. The number of carbonyl (C=O) groups is 1. The molecule has 2 aliphatic heterocycles. The van der Waals surface area contributed by atoms with Crippen molar-refractivity contribution in [3.8, 4) is 0 Å². The maximum atomic E-state index is 12.4. The number of nitrogens with one attached hydrogen (secondary N) is 1. The fourth-order valence-electron chi connectivity index (χ4n) is 3.72. The number of likely N-dealkylation sites (tertiary alicyclic amines) is 1. The second-order valence-corrected chi connectivity index (χ2v) is 6.47. The summed E-state index contributed by atoms with van der Waals surface area (Å²) in [5, 5.41) is 3.08. The standard InChI is InChI=1S/C18H21N5O2/c24-18(14-10-19-7-8-21-14)22-15-12-23(11-13-4-1-2-6-20-13)16-5-3-9-25-17(15)16/h1-2,4,6-8,10,15-17H,3,5,9,11-12H2,(H,22,24)/t15-,16+,17+/m1/s1. The molecule has 1 N–H and O–H groups in total. The van der Waals surface area contributed by atoms with Gasteiger partial charge in [0, 0.05) is 44.3 Å². The summed E-state index contributed by atoms with van der Waals surface area (Å²) in [5.41, 5.74) is 1.37. The third-order valence-corrected chi connectivity index (χ3v) is 4.83. The molecule has 7 nitrogen and oxygen atoms in total. The van der Waals surface area contributed by atoms with E-state index in [1.165, 1.54) is 12.4 Å². The summed E-state index contributed by atoms with van der Waals surface area (Å²) in [6, 6.07) is 6.21. The summed E-state index contributed by atoms with van der Waals surface area (Å²) >= 11 is 0. The molecule has 0 bridgehead atoms. The number of carbonyl (C=O) groups excluding carboxylic acids is 1. The lowest BCUT2D eigenvalue weighted by molar-refractivity contribution is -0.0213. The van der Waals surface area contributed by atoms with E-state index in [0.717, 1.165) is 38.2 Å². The normalized spacial score (nSPS) is 26.2. The molecular formula is C18H21N5O2. The summed E-state index contributed by atoms with van der Waals surface area (Å²) in [4.78, 5) is 27.3. The van der Waals surface area contributed by atoms with Gasteiger partial charge >= 0.3 is 0 Å². The molecule has 0 aromatic carbocycles. The molecule has 2 aromatic rings. The lowest BCUT2D eigenvalue weighted by Crippen LogP contribution is -2.47. The number of pyridine rings is 1. The van der Waals surface area contributed by atoms with Crippen LogP contribution in [0.1, 0.15) is 29.0 Å². The zero-order valence-electron chi connectivity index (χ0n) is 13.9. The minimum Gasteiger partial charge on any atom is -0.374 e. The topological polar surface area (TPSA) is 80.2 Å². The molecule has 25 heavy (non-hydrogen) atoms. The molecule has 7 heteroatoms. The van der Waals surface area contributed by atoms with Gasteiger partial charge in [-0.25, -0.2) is 4.98 Å². The molecule has 3 atom stereocenters. The number of amides is 1. The number of aromatic nitrogens is 3. The van der Waals surface area contributed by atoms with Crippen LogP contribution in [0.4, 0.5) is 0 Å². The first-order valence-electron chi connectivity index (χ1n) is 8.64. The van der Waals surface area contributed by atoms with Crippen LogP contribution in [-0.4, -0.2) is 57.1 Å². The molecule has 0 saturated carbocycles. The van der Waals surface area contributed by atoms with Crippen LogP contribution >= 0.6 is 0 Å². The summed E-state index contributed by atoms with van der Waals surface area (Å²) in [6.45, 7) is 2.26. The van der Waals surface area contributed by atoms with E-state index >= 15 is 0 Å². The van der Waals surface area contributed by atoms with E-state index in [1.54, 1.807) is 6.20 Å². The number of nitrogens with zero attached hydrogens (tertiary/aromatic N) is 4. The molecule has 2 fully saturated rings. The van der Waals surface area contributed by atoms with Crippen molar-refractivity contribution in [2.24, 2.45) is 0 Å². The number of ether oxygens (including phenoxy) is 1. The van der Waals surface area contributed by atoms with Crippen LogP contribution in [0.5, 0.6) is 0 Å². The Morgan fingerprint density at radius 1 is 1.28 bits per heavy atom. The molecule has 4 heterocycles. The lowest BCUT2D eigenvalue weighted by Gasteiger charge is -2.32. The minimum absolute atomic E-state index is 0.0121. The van der Waals surface area contributed by atoms with Gasteiger partial charge in [-0.3, -0.25) is 19.7 Å². The Balaban J connectivity index is 1.48. The first kappa shape index (κ1) is 16.1. The molecule has 0 aliphatic carbocycles. The van der Waals surface area contributed by atoms with E-state index in [-0.39, 0.29) is 18.1 Å². The molecule has 130 valence electrons. The van der Waals surface area contributed by atoms with E-state index < -0.39 is 0 Å². The number of hydrogen-bond acceptors (Lipinski definition) is 6. The number of rotatable bonds is 4. The van der Waals surface area contributed by atoms with Gasteiger partial charge in [-0.1, -0.05) is 6.07 Å². The quantitative estimate of drug-likeness (QED) is 0.896. The van der Waals surface area contributed by atoms with E-state index in [4.69, 9.17) is 4.74 Å². The van der Waals surface area contributed by atoms with Gasteiger partial charge in [0.25, 0.3) is 5.91 Å². The SMILES string of the molecule is O=C(N[C@@H]1CN(Cc2ccccn2)[C@H]2CCCO[C@@H]12)c1cnccn1. The first-order valence-corrected chi connectivity index (χ1v) is 8.64. The molecule has 2 aliphatic rings. The zero-order valence-corrected chi connectivity index (χ0v) is 13.9. The van der Waals surface area contributed by atoms with Crippen LogP contribution in [0.15, 0.2) is 43.0 Å². The Morgan fingerprint density at radius 3 is 3.04 bits per heavy atom. The van der Waals surface area contributed by atoms with Crippen molar-refractivity contribution >= 4 is 5.91 Å². The van der Waals surface area contributed by atoms with Crippen molar-refractivity contribution in [2.75, 3.05) is 13.2 Å². The highest BCUT2D eigenvalue weighted by Crippen LogP contribution is 2.30. The summed E-state index contributed by atoms with van der Waals surface area (Å²) in [5.74, 6) is -0.203. The monoisotopic (exact) mass is 339 g/mol. The van der Waals surface area contributed by atoms with Crippen LogP contribution in [0.25, 0.3) is 0 Å². The average Bonchev–Trinajstić information content (AvgIpc) is 3.01. The van der Waals surface area contributed by atoms with Crippen molar-refractivity contribution in [1.82, 2.24) is 25.2 Å². The molecule has 0 unspecified atom stereocenters. The molecule has 1 amide bonds. The maximum Gasteiger partial charge on any atom is 0.271 e. The Kier molecular flexibility index (Phi) is 4.67. The van der Waals surface area contributed by atoms with Gasteiger partial charge in [0.1, 0.15) is 5.69 Å². The van der Waals surface area contributed by atoms with E-state index in [2.05, 4.69) is 25.2 Å². The van der Waals surface area contributed by atoms with Gasteiger partial charge < -0.3 is 10.1 Å².